The van der Waals surface area contributed by atoms with Gasteiger partial charge in [-0.05, 0) is 48.6 Å². The van der Waals surface area contributed by atoms with Gasteiger partial charge in [-0.3, -0.25) is 4.98 Å². The van der Waals surface area contributed by atoms with Crippen LogP contribution in [-0.2, 0) is 4.74 Å². The summed E-state index contributed by atoms with van der Waals surface area (Å²) < 4.78 is 6.05. The first kappa shape index (κ1) is 12.5. The quantitative estimate of drug-likeness (QED) is 0.891. The number of hydrogen-bond acceptors (Lipinski definition) is 4. The van der Waals surface area contributed by atoms with Crippen LogP contribution >= 0.6 is 11.8 Å². The lowest BCUT2D eigenvalue weighted by molar-refractivity contribution is -0.0834. The van der Waals surface area contributed by atoms with Gasteiger partial charge in [-0.15, -0.1) is 0 Å². The summed E-state index contributed by atoms with van der Waals surface area (Å²) in [4.78, 5) is 4.06. The molecule has 18 heavy (non-hydrogen) atoms. The van der Waals surface area contributed by atoms with Crippen LogP contribution in [0.15, 0.2) is 24.5 Å². The first-order valence-electron chi connectivity index (χ1n) is 6.66. The molecule has 1 spiro atoms. The summed E-state index contributed by atoms with van der Waals surface area (Å²) in [6.45, 7) is 0.865. The topological polar surface area (TPSA) is 48.1 Å². The van der Waals surface area contributed by atoms with Crippen molar-refractivity contribution in [3.05, 3.63) is 30.1 Å². The summed E-state index contributed by atoms with van der Waals surface area (Å²) in [5.41, 5.74) is 7.76. The van der Waals surface area contributed by atoms with Crippen molar-refractivity contribution in [1.29, 1.82) is 0 Å². The lowest BCUT2D eigenvalue weighted by atomic mass is 9.79. The summed E-state index contributed by atoms with van der Waals surface area (Å²) in [6, 6.07) is 4.20. The first-order chi connectivity index (χ1) is 8.79. The van der Waals surface area contributed by atoms with E-state index in [0.717, 1.165) is 25.2 Å². The van der Waals surface area contributed by atoms with E-state index in [4.69, 9.17) is 10.5 Å². The van der Waals surface area contributed by atoms with E-state index in [1.165, 1.54) is 17.7 Å². The number of thioether (sulfide) groups is 1. The van der Waals surface area contributed by atoms with Crippen LogP contribution in [0.5, 0.6) is 0 Å². The maximum Gasteiger partial charge on any atom is 0.0783 e. The number of aromatic nitrogens is 1. The van der Waals surface area contributed by atoms with Gasteiger partial charge in [0.1, 0.15) is 0 Å². The van der Waals surface area contributed by atoms with Gasteiger partial charge >= 0.3 is 0 Å². The van der Waals surface area contributed by atoms with Crippen LogP contribution in [-0.4, -0.2) is 28.7 Å². The molecule has 3 rings (SSSR count). The van der Waals surface area contributed by atoms with Crippen LogP contribution in [0, 0.1) is 5.92 Å². The molecule has 2 N–H and O–H groups in total. The predicted molar refractivity (Wildman–Crippen MR) is 74.5 cm³/mol. The minimum atomic E-state index is 0.123. The summed E-state index contributed by atoms with van der Waals surface area (Å²) in [6.07, 6.45) is 7.04. The number of nitrogens with two attached hydrogens (primary N) is 1. The fourth-order valence-electron chi connectivity index (χ4n) is 3.09. The Hall–Kier alpha value is -0.580. The molecule has 3 atom stereocenters. The molecule has 0 aromatic carbocycles. The van der Waals surface area contributed by atoms with Crippen molar-refractivity contribution in [2.45, 2.75) is 30.9 Å². The third-order valence-corrected chi connectivity index (χ3v) is 5.42. The molecule has 2 fully saturated rings. The Labute approximate surface area is 113 Å². The van der Waals surface area contributed by atoms with E-state index in [2.05, 4.69) is 4.98 Å². The molecule has 0 radical (unpaired) electrons. The highest BCUT2D eigenvalue weighted by molar-refractivity contribution is 7.99. The van der Waals surface area contributed by atoms with Crippen LogP contribution in [0.4, 0.5) is 0 Å². The zero-order chi connectivity index (χ0) is 12.4. The van der Waals surface area contributed by atoms with Gasteiger partial charge in [0.15, 0.2) is 0 Å². The standard InChI is InChI=1S/C14H20N2OS/c15-13(11-1-5-16-6-2-11)12-3-7-17-14(9-12)4-8-18-10-14/h1-2,5-6,12-13H,3-4,7-10,15H2. The van der Waals surface area contributed by atoms with Gasteiger partial charge in [0.05, 0.1) is 5.60 Å². The Bertz CT molecular complexity index is 392. The van der Waals surface area contributed by atoms with Crippen LogP contribution < -0.4 is 5.73 Å². The molecule has 2 aliphatic heterocycles. The fourth-order valence-corrected chi connectivity index (χ4v) is 4.47. The second-order valence-corrected chi connectivity index (χ2v) is 6.50. The molecule has 98 valence electrons. The van der Waals surface area contributed by atoms with Crippen LogP contribution in [0.1, 0.15) is 30.9 Å². The van der Waals surface area contributed by atoms with Crippen molar-refractivity contribution in [2.24, 2.45) is 11.7 Å². The second kappa shape index (κ2) is 5.19. The highest BCUT2D eigenvalue weighted by Crippen LogP contribution is 2.43. The molecule has 3 unspecified atom stereocenters. The first-order valence-corrected chi connectivity index (χ1v) is 7.82. The average molecular weight is 264 g/mol. The molecule has 3 nitrogen and oxygen atoms in total. The van der Waals surface area contributed by atoms with Crippen molar-refractivity contribution >= 4 is 11.8 Å². The Morgan fingerprint density at radius 3 is 3.00 bits per heavy atom. The molecule has 0 aliphatic carbocycles. The van der Waals surface area contributed by atoms with Crippen molar-refractivity contribution in [3.63, 3.8) is 0 Å². The van der Waals surface area contributed by atoms with Crippen molar-refractivity contribution in [3.8, 4) is 0 Å². The Balaban J connectivity index is 1.72. The summed E-state index contributed by atoms with van der Waals surface area (Å²) in [5.74, 6) is 2.92. The highest BCUT2D eigenvalue weighted by Gasteiger charge is 2.42. The van der Waals surface area contributed by atoms with Gasteiger partial charge in [-0.25, -0.2) is 0 Å². The maximum atomic E-state index is 6.43. The van der Waals surface area contributed by atoms with Gasteiger partial charge in [-0.1, -0.05) is 0 Å². The molecule has 2 aliphatic rings. The largest absolute Gasteiger partial charge is 0.374 e. The second-order valence-electron chi connectivity index (χ2n) is 5.39. The summed E-state index contributed by atoms with van der Waals surface area (Å²) in [5, 5.41) is 0. The van der Waals surface area contributed by atoms with Gasteiger partial charge < -0.3 is 10.5 Å². The predicted octanol–water partition coefficient (Wildman–Crippen LogP) is 2.38. The lowest BCUT2D eigenvalue weighted by Gasteiger charge is -2.40. The van der Waals surface area contributed by atoms with E-state index in [1.54, 1.807) is 0 Å². The highest BCUT2D eigenvalue weighted by atomic mass is 32.2. The van der Waals surface area contributed by atoms with Crippen molar-refractivity contribution in [1.82, 2.24) is 4.98 Å². The van der Waals surface area contributed by atoms with Gasteiger partial charge in [0.2, 0.25) is 0 Å². The number of nitrogens with zero attached hydrogens (tertiary/aromatic N) is 1. The normalized spacial score (nSPS) is 33.7. The Morgan fingerprint density at radius 2 is 2.28 bits per heavy atom. The van der Waals surface area contributed by atoms with E-state index < -0.39 is 0 Å². The van der Waals surface area contributed by atoms with E-state index in [0.29, 0.717) is 5.92 Å². The number of ether oxygens (including phenoxy) is 1. The zero-order valence-corrected chi connectivity index (χ0v) is 11.4. The lowest BCUT2D eigenvalue weighted by Crippen LogP contribution is -2.42. The van der Waals surface area contributed by atoms with Crippen LogP contribution in [0.25, 0.3) is 0 Å². The third-order valence-electron chi connectivity index (χ3n) is 4.20. The van der Waals surface area contributed by atoms with Crippen LogP contribution in [0.3, 0.4) is 0 Å². The Morgan fingerprint density at radius 1 is 1.44 bits per heavy atom. The summed E-state index contributed by atoms with van der Waals surface area (Å²) >= 11 is 2.01. The maximum absolute atomic E-state index is 6.43. The van der Waals surface area contributed by atoms with Gasteiger partial charge in [-0.2, -0.15) is 11.8 Å². The minimum absolute atomic E-state index is 0.123. The van der Waals surface area contributed by atoms with Crippen LogP contribution in [0.2, 0.25) is 0 Å². The molecular formula is C14H20N2OS. The monoisotopic (exact) mass is 264 g/mol. The van der Waals surface area contributed by atoms with Crippen molar-refractivity contribution < 1.29 is 4.74 Å². The van der Waals surface area contributed by atoms with Crippen molar-refractivity contribution in [2.75, 3.05) is 18.1 Å². The van der Waals surface area contributed by atoms with Gasteiger partial charge in [0.25, 0.3) is 0 Å². The number of pyridine rings is 1. The van der Waals surface area contributed by atoms with E-state index in [9.17, 15) is 0 Å². The molecule has 4 heteroatoms. The summed E-state index contributed by atoms with van der Waals surface area (Å²) in [7, 11) is 0. The SMILES string of the molecule is NC(c1ccncc1)C1CCOC2(CCSC2)C1. The smallest absolute Gasteiger partial charge is 0.0783 e. The molecule has 0 bridgehead atoms. The molecule has 0 amide bonds. The van der Waals surface area contributed by atoms with E-state index in [1.807, 2.05) is 36.3 Å². The molecule has 1 aromatic rings. The molecular weight excluding hydrogens is 244 g/mol. The number of rotatable bonds is 2. The fraction of sp³-hybridized carbons (Fsp3) is 0.643. The molecule has 0 saturated carbocycles. The van der Waals surface area contributed by atoms with E-state index in [-0.39, 0.29) is 11.6 Å². The van der Waals surface area contributed by atoms with E-state index >= 15 is 0 Å². The number of hydrogen-bond donors (Lipinski definition) is 1. The third kappa shape index (κ3) is 2.42. The zero-order valence-electron chi connectivity index (χ0n) is 10.5. The molecule has 1 aromatic heterocycles. The molecule has 3 heterocycles. The minimum Gasteiger partial charge on any atom is -0.374 e. The van der Waals surface area contributed by atoms with Gasteiger partial charge in [0, 0.05) is 30.8 Å². The Kier molecular flexibility index (Phi) is 3.59. The molecule has 2 saturated heterocycles. The average Bonchev–Trinajstić information content (AvgIpc) is 2.87.